The van der Waals surface area contributed by atoms with E-state index in [-0.39, 0.29) is 24.5 Å². The van der Waals surface area contributed by atoms with Crippen molar-refractivity contribution in [3.63, 3.8) is 0 Å². The van der Waals surface area contributed by atoms with Crippen molar-refractivity contribution in [1.29, 1.82) is 0 Å². The fourth-order valence-electron chi connectivity index (χ4n) is 2.56. The maximum Gasteiger partial charge on any atom is 0.261 e. The molecule has 5 nitrogen and oxygen atoms in total. The fourth-order valence-corrected chi connectivity index (χ4v) is 3.00. The summed E-state index contributed by atoms with van der Waals surface area (Å²) in [4.78, 5) is 26.9. The van der Waals surface area contributed by atoms with Gasteiger partial charge in [0.1, 0.15) is 11.8 Å². The minimum atomic E-state index is -0.637. The van der Waals surface area contributed by atoms with E-state index in [0.29, 0.717) is 17.3 Å². The Labute approximate surface area is 179 Å². The molecule has 0 saturated carbocycles. The zero-order valence-corrected chi connectivity index (χ0v) is 18.5. The van der Waals surface area contributed by atoms with Crippen LogP contribution >= 0.6 is 27.5 Å². The van der Waals surface area contributed by atoms with Crippen molar-refractivity contribution in [2.45, 2.75) is 39.4 Å². The number of amides is 2. The zero-order chi connectivity index (χ0) is 20.7. The SMILES string of the molecule is CC(C)NC(=O)[C@H](C)N(Cc1ccc(Br)cc1)C(=O)COc1cccc(Cl)c1. The van der Waals surface area contributed by atoms with Gasteiger partial charge < -0.3 is 15.0 Å². The number of hydrogen-bond acceptors (Lipinski definition) is 3. The van der Waals surface area contributed by atoms with Gasteiger partial charge in [0.25, 0.3) is 5.91 Å². The summed E-state index contributed by atoms with van der Waals surface area (Å²) in [6.45, 7) is 5.60. The van der Waals surface area contributed by atoms with E-state index in [1.54, 1.807) is 31.2 Å². The van der Waals surface area contributed by atoms with Crippen LogP contribution in [0.1, 0.15) is 26.3 Å². The van der Waals surface area contributed by atoms with E-state index in [0.717, 1.165) is 10.0 Å². The van der Waals surface area contributed by atoms with E-state index >= 15 is 0 Å². The summed E-state index contributed by atoms with van der Waals surface area (Å²) >= 11 is 9.35. The van der Waals surface area contributed by atoms with Crippen molar-refractivity contribution >= 4 is 39.3 Å². The molecule has 0 bridgehead atoms. The fraction of sp³-hybridized carbons (Fsp3) is 0.333. The molecule has 28 heavy (non-hydrogen) atoms. The van der Waals surface area contributed by atoms with E-state index < -0.39 is 6.04 Å². The van der Waals surface area contributed by atoms with Crippen LogP contribution in [-0.4, -0.2) is 35.4 Å². The van der Waals surface area contributed by atoms with Crippen LogP contribution in [0.5, 0.6) is 5.75 Å². The Kier molecular flexibility index (Phi) is 8.33. The molecule has 2 amide bonds. The van der Waals surface area contributed by atoms with Gasteiger partial charge in [-0.25, -0.2) is 0 Å². The van der Waals surface area contributed by atoms with Crippen molar-refractivity contribution in [3.05, 3.63) is 63.6 Å². The average molecular weight is 468 g/mol. The summed E-state index contributed by atoms with van der Waals surface area (Å²) in [5.41, 5.74) is 0.920. The molecule has 2 rings (SSSR count). The van der Waals surface area contributed by atoms with Crippen molar-refractivity contribution < 1.29 is 14.3 Å². The van der Waals surface area contributed by atoms with Gasteiger partial charge >= 0.3 is 0 Å². The van der Waals surface area contributed by atoms with Crippen LogP contribution in [0.2, 0.25) is 5.02 Å². The van der Waals surface area contributed by atoms with Crippen LogP contribution in [0.15, 0.2) is 53.0 Å². The lowest BCUT2D eigenvalue weighted by Crippen LogP contribution is -2.50. The summed E-state index contributed by atoms with van der Waals surface area (Å²) in [6, 6.07) is 13.8. The number of halogens is 2. The largest absolute Gasteiger partial charge is 0.484 e. The summed E-state index contributed by atoms with van der Waals surface area (Å²) in [5, 5.41) is 3.38. The quantitative estimate of drug-likeness (QED) is 0.625. The van der Waals surface area contributed by atoms with Gasteiger partial charge in [0.05, 0.1) is 0 Å². The van der Waals surface area contributed by atoms with Gasteiger partial charge in [-0.3, -0.25) is 9.59 Å². The molecule has 2 aromatic rings. The predicted octanol–water partition coefficient (Wildman–Crippen LogP) is 4.42. The number of carbonyl (C=O) groups is 2. The molecule has 150 valence electrons. The highest BCUT2D eigenvalue weighted by Crippen LogP contribution is 2.18. The molecule has 0 aliphatic carbocycles. The molecule has 1 N–H and O–H groups in total. The second-order valence-corrected chi connectivity index (χ2v) is 8.09. The average Bonchev–Trinajstić information content (AvgIpc) is 2.64. The molecule has 0 radical (unpaired) electrons. The minimum Gasteiger partial charge on any atom is -0.484 e. The number of carbonyl (C=O) groups excluding carboxylic acids is 2. The van der Waals surface area contributed by atoms with Gasteiger partial charge in [0.15, 0.2) is 6.61 Å². The Bertz CT molecular complexity index is 812. The molecule has 1 atom stereocenters. The first-order valence-electron chi connectivity index (χ1n) is 8.99. The predicted molar refractivity (Wildman–Crippen MR) is 114 cm³/mol. The maximum absolute atomic E-state index is 12.9. The molecule has 0 aromatic heterocycles. The summed E-state index contributed by atoms with van der Waals surface area (Å²) in [6.07, 6.45) is 0. The molecular formula is C21H24BrClN2O3. The van der Waals surface area contributed by atoms with Crippen LogP contribution in [0, 0.1) is 0 Å². The molecule has 0 heterocycles. The van der Waals surface area contributed by atoms with Gasteiger partial charge in [-0.05, 0) is 56.7 Å². The second-order valence-electron chi connectivity index (χ2n) is 6.73. The molecular weight excluding hydrogens is 444 g/mol. The normalized spacial score (nSPS) is 11.8. The monoisotopic (exact) mass is 466 g/mol. The number of nitrogens with one attached hydrogen (secondary N) is 1. The van der Waals surface area contributed by atoms with Gasteiger partial charge in [0, 0.05) is 22.1 Å². The van der Waals surface area contributed by atoms with Gasteiger partial charge in [0.2, 0.25) is 5.91 Å². The number of ether oxygens (including phenoxy) is 1. The second kappa shape index (κ2) is 10.5. The first-order chi connectivity index (χ1) is 13.3. The Morgan fingerprint density at radius 3 is 2.43 bits per heavy atom. The number of rotatable bonds is 8. The van der Waals surface area contributed by atoms with E-state index in [1.165, 1.54) is 4.90 Å². The molecule has 0 spiro atoms. The highest BCUT2D eigenvalue weighted by Gasteiger charge is 2.26. The van der Waals surface area contributed by atoms with Crippen LogP contribution in [0.4, 0.5) is 0 Å². The number of nitrogens with zero attached hydrogens (tertiary/aromatic N) is 1. The Hall–Kier alpha value is -2.05. The van der Waals surface area contributed by atoms with Gasteiger partial charge in [-0.15, -0.1) is 0 Å². The van der Waals surface area contributed by atoms with E-state index in [4.69, 9.17) is 16.3 Å². The van der Waals surface area contributed by atoms with E-state index in [1.807, 2.05) is 38.1 Å². The molecule has 0 unspecified atom stereocenters. The topological polar surface area (TPSA) is 58.6 Å². The van der Waals surface area contributed by atoms with Gasteiger partial charge in [-0.1, -0.05) is 45.7 Å². The third-order valence-electron chi connectivity index (χ3n) is 4.02. The van der Waals surface area contributed by atoms with Crippen molar-refractivity contribution in [2.75, 3.05) is 6.61 Å². The van der Waals surface area contributed by atoms with Crippen molar-refractivity contribution in [3.8, 4) is 5.75 Å². The molecule has 0 fully saturated rings. The number of benzene rings is 2. The van der Waals surface area contributed by atoms with Crippen LogP contribution < -0.4 is 10.1 Å². The minimum absolute atomic E-state index is 0.0118. The lowest BCUT2D eigenvalue weighted by atomic mass is 10.1. The highest BCUT2D eigenvalue weighted by molar-refractivity contribution is 9.10. The summed E-state index contributed by atoms with van der Waals surface area (Å²) in [5.74, 6) is 0.0150. The number of hydrogen-bond donors (Lipinski definition) is 1. The Morgan fingerprint density at radius 2 is 1.82 bits per heavy atom. The molecule has 0 saturated heterocycles. The van der Waals surface area contributed by atoms with Gasteiger partial charge in [-0.2, -0.15) is 0 Å². The molecule has 0 aliphatic heterocycles. The maximum atomic E-state index is 12.9. The van der Waals surface area contributed by atoms with Crippen molar-refractivity contribution in [1.82, 2.24) is 10.2 Å². The third kappa shape index (κ3) is 6.84. The summed E-state index contributed by atoms with van der Waals surface area (Å²) in [7, 11) is 0. The Balaban J connectivity index is 2.14. The smallest absolute Gasteiger partial charge is 0.261 e. The standard InChI is InChI=1S/C21H24BrClN2O3/c1-14(2)24-21(27)15(3)25(12-16-7-9-17(22)10-8-16)20(26)13-28-19-6-4-5-18(23)11-19/h4-11,14-15H,12-13H2,1-3H3,(H,24,27)/t15-/m0/s1. The van der Waals surface area contributed by atoms with Crippen LogP contribution in [0.25, 0.3) is 0 Å². The van der Waals surface area contributed by atoms with Crippen LogP contribution in [-0.2, 0) is 16.1 Å². The van der Waals surface area contributed by atoms with E-state index in [2.05, 4.69) is 21.2 Å². The molecule has 2 aromatic carbocycles. The highest BCUT2D eigenvalue weighted by atomic mass is 79.9. The van der Waals surface area contributed by atoms with Crippen molar-refractivity contribution in [2.24, 2.45) is 0 Å². The summed E-state index contributed by atoms with van der Waals surface area (Å²) < 4.78 is 6.53. The lowest BCUT2D eigenvalue weighted by molar-refractivity contribution is -0.142. The van der Waals surface area contributed by atoms with E-state index in [9.17, 15) is 9.59 Å². The molecule has 0 aliphatic rings. The molecule has 7 heteroatoms. The zero-order valence-electron chi connectivity index (χ0n) is 16.1. The first kappa shape index (κ1) is 22.2. The third-order valence-corrected chi connectivity index (χ3v) is 4.79. The lowest BCUT2D eigenvalue weighted by Gasteiger charge is -2.29. The van der Waals surface area contributed by atoms with Crippen LogP contribution in [0.3, 0.4) is 0 Å². The Morgan fingerprint density at radius 1 is 1.14 bits per heavy atom. The first-order valence-corrected chi connectivity index (χ1v) is 10.2.